The van der Waals surface area contributed by atoms with Gasteiger partial charge in [-0.05, 0) is 19.1 Å². The quantitative estimate of drug-likeness (QED) is 0.629. The van der Waals surface area contributed by atoms with Gasteiger partial charge in [0.2, 0.25) is 0 Å². The molecule has 0 aliphatic carbocycles. The maximum absolute atomic E-state index is 6.20. The summed E-state index contributed by atoms with van der Waals surface area (Å²) in [6.07, 6.45) is 1.73. The molecule has 0 saturated heterocycles. The summed E-state index contributed by atoms with van der Waals surface area (Å²) in [6.45, 7) is 1.90. The second-order valence-electron chi connectivity index (χ2n) is 3.99. The molecule has 0 saturated carbocycles. The first-order valence-corrected chi connectivity index (χ1v) is 6.18. The van der Waals surface area contributed by atoms with Crippen molar-refractivity contribution < 1.29 is 0 Å². The van der Waals surface area contributed by atoms with Crippen LogP contribution in [-0.2, 0) is 0 Å². The lowest BCUT2D eigenvalue weighted by Crippen LogP contribution is -1.94. The predicted octanol–water partition coefficient (Wildman–Crippen LogP) is 4.01. The molecule has 0 spiro atoms. The average Bonchev–Trinajstić information content (AvgIpc) is 2.73. The average molecular weight is 278 g/mol. The molecule has 3 rings (SSSR count). The number of halogens is 2. The van der Waals surface area contributed by atoms with Crippen LogP contribution in [0.1, 0.15) is 5.69 Å². The van der Waals surface area contributed by atoms with E-state index in [4.69, 9.17) is 23.2 Å². The Labute approximate surface area is 114 Å². The van der Waals surface area contributed by atoms with Gasteiger partial charge in [0.05, 0.1) is 6.20 Å². The highest BCUT2D eigenvalue weighted by atomic mass is 35.5. The molecule has 1 aromatic carbocycles. The van der Waals surface area contributed by atoms with Crippen molar-refractivity contribution >= 4 is 28.8 Å². The van der Waals surface area contributed by atoms with Gasteiger partial charge in [0.25, 0.3) is 0 Å². The van der Waals surface area contributed by atoms with E-state index in [0.29, 0.717) is 15.8 Å². The molecule has 5 heteroatoms. The van der Waals surface area contributed by atoms with Crippen molar-refractivity contribution in [3.8, 4) is 11.1 Å². The van der Waals surface area contributed by atoms with Crippen LogP contribution in [0, 0.1) is 6.92 Å². The lowest BCUT2D eigenvalue weighted by atomic mass is 10.1. The number of nitrogens with zero attached hydrogens (tertiary/aromatic N) is 3. The largest absolute Gasteiger partial charge is 0.233 e. The lowest BCUT2D eigenvalue weighted by molar-refractivity contribution is 0.930. The van der Waals surface area contributed by atoms with Crippen LogP contribution in [0.25, 0.3) is 16.8 Å². The van der Waals surface area contributed by atoms with Gasteiger partial charge in [-0.15, -0.1) is 0 Å². The van der Waals surface area contributed by atoms with Gasteiger partial charge in [0.1, 0.15) is 5.15 Å². The Bertz CT molecular complexity index is 734. The van der Waals surface area contributed by atoms with Crippen LogP contribution in [-0.4, -0.2) is 14.6 Å². The summed E-state index contributed by atoms with van der Waals surface area (Å²) in [4.78, 5) is 4.47. The van der Waals surface area contributed by atoms with Crippen LogP contribution in [0.15, 0.2) is 36.5 Å². The van der Waals surface area contributed by atoms with Crippen molar-refractivity contribution in [3.63, 3.8) is 0 Å². The first kappa shape index (κ1) is 11.5. The SMILES string of the molecule is Cc1cc(Cl)n2ncc(-c3ccccc3Cl)c2n1. The van der Waals surface area contributed by atoms with Gasteiger partial charge in [0.15, 0.2) is 5.65 Å². The zero-order valence-corrected chi connectivity index (χ0v) is 11.1. The summed E-state index contributed by atoms with van der Waals surface area (Å²) in [6, 6.07) is 9.39. The van der Waals surface area contributed by atoms with E-state index in [9.17, 15) is 0 Å². The van der Waals surface area contributed by atoms with Crippen LogP contribution in [0.2, 0.25) is 10.2 Å². The van der Waals surface area contributed by atoms with Gasteiger partial charge in [-0.25, -0.2) is 9.50 Å². The topological polar surface area (TPSA) is 30.2 Å². The van der Waals surface area contributed by atoms with Crippen LogP contribution in [0.5, 0.6) is 0 Å². The molecule has 90 valence electrons. The van der Waals surface area contributed by atoms with E-state index in [-0.39, 0.29) is 0 Å². The molecule has 0 atom stereocenters. The number of fused-ring (bicyclic) bond motifs is 1. The fourth-order valence-corrected chi connectivity index (χ4v) is 2.43. The molecule has 0 unspecified atom stereocenters. The van der Waals surface area contributed by atoms with Crippen LogP contribution < -0.4 is 0 Å². The second-order valence-corrected chi connectivity index (χ2v) is 4.79. The maximum atomic E-state index is 6.20. The number of rotatable bonds is 1. The molecule has 0 bridgehead atoms. The molecule has 0 radical (unpaired) electrons. The number of aromatic nitrogens is 3. The normalized spacial score (nSPS) is 11.1. The highest BCUT2D eigenvalue weighted by Crippen LogP contribution is 2.30. The third kappa shape index (κ3) is 1.76. The summed E-state index contributed by atoms with van der Waals surface area (Å²) in [5.41, 5.74) is 3.35. The van der Waals surface area contributed by atoms with Crippen molar-refractivity contribution in [2.75, 3.05) is 0 Å². The van der Waals surface area contributed by atoms with E-state index in [1.165, 1.54) is 0 Å². The van der Waals surface area contributed by atoms with E-state index in [0.717, 1.165) is 16.8 Å². The monoisotopic (exact) mass is 277 g/mol. The Kier molecular flexibility index (Phi) is 2.73. The number of hydrogen-bond acceptors (Lipinski definition) is 2. The lowest BCUT2D eigenvalue weighted by Gasteiger charge is -2.03. The van der Waals surface area contributed by atoms with Gasteiger partial charge in [-0.1, -0.05) is 41.4 Å². The minimum atomic E-state index is 0.538. The Morgan fingerprint density at radius 2 is 1.89 bits per heavy atom. The smallest absolute Gasteiger partial charge is 0.164 e. The van der Waals surface area contributed by atoms with Crippen molar-refractivity contribution in [2.45, 2.75) is 6.92 Å². The molecule has 0 aliphatic heterocycles. The van der Waals surface area contributed by atoms with Crippen molar-refractivity contribution in [1.82, 2.24) is 14.6 Å². The number of hydrogen-bond donors (Lipinski definition) is 0. The molecule has 0 aliphatic rings. The number of benzene rings is 1. The van der Waals surface area contributed by atoms with Crippen molar-refractivity contribution in [1.29, 1.82) is 0 Å². The fourth-order valence-electron chi connectivity index (χ4n) is 1.91. The van der Waals surface area contributed by atoms with Crippen molar-refractivity contribution in [2.24, 2.45) is 0 Å². The third-order valence-corrected chi connectivity index (χ3v) is 3.32. The molecule has 2 heterocycles. The van der Waals surface area contributed by atoms with Gasteiger partial charge >= 0.3 is 0 Å². The van der Waals surface area contributed by atoms with E-state index in [2.05, 4.69) is 10.1 Å². The molecule has 0 N–H and O–H groups in total. The molecule has 0 fully saturated rings. The standard InChI is InChI=1S/C13H9Cl2N3/c1-8-6-12(15)18-13(17-8)10(7-16-18)9-4-2-3-5-11(9)14/h2-7H,1H3. The summed E-state index contributed by atoms with van der Waals surface area (Å²) in [7, 11) is 0. The molecule has 3 nitrogen and oxygen atoms in total. The Hall–Kier alpha value is -1.58. The Balaban J connectivity index is 2.34. The van der Waals surface area contributed by atoms with Crippen molar-refractivity contribution in [3.05, 3.63) is 52.4 Å². The summed E-state index contributed by atoms with van der Waals surface area (Å²) < 4.78 is 1.60. The molecule has 18 heavy (non-hydrogen) atoms. The second kappa shape index (κ2) is 4.26. The molecular formula is C13H9Cl2N3. The van der Waals surface area contributed by atoms with E-state index < -0.39 is 0 Å². The predicted molar refractivity (Wildman–Crippen MR) is 73.2 cm³/mol. The highest BCUT2D eigenvalue weighted by molar-refractivity contribution is 6.33. The Morgan fingerprint density at radius 3 is 2.67 bits per heavy atom. The first-order chi connectivity index (χ1) is 8.66. The van der Waals surface area contributed by atoms with Gasteiger partial charge in [-0.2, -0.15) is 5.10 Å². The zero-order valence-electron chi connectivity index (χ0n) is 9.56. The van der Waals surface area contributed by atoms with E-state index >= 15 is 0 Å². The van der Waals surface area contributed by atoms with E-state index in [1.54, 1.807) is 16.8 Å². The molecule has 3 aromatic rings. The molecule has 2 aromatic heterocycles. The summed E-state index contributed by atoms with van der Waals surface area (Å²) in [5.74, 6) is 0. The Morgan fingerprint density at radius 1 is 1.11 bits per heavy atom. The molecule has 0 amide bonds. The third-order valence-electron chi connectivity index (χ3n) is 2.72. The summed E-state index contributed by atoms with van der Waals surface area (Å²) >= 11 is 12.3. The minimum Gasteiger partial charge on any atom is -0.233 e. The number of aryl methyl sites for hydroxylation is 1. The maximum Gasteiger partial charge on any atom is 0.164 e. The van der Waals surface area contributed by atoms with E-state index in [1.807, 2.05) is 31.2 Å². The van der Waals surface area contributed by atoms with Gasteiger partial charge in [0, 0.05) is 21.8 Å². The first-order valence-electron chi connectivity index (χ1n) is 5.42. The van der Waals surface area contributed by atoms with Gasteiger partial charge < -0.3 is 0 Å². The summed E-state index contributed by atoms with van der Waals surface area (Å²) in [5, 5.41) is 5.45. The van der Waals surface area contributed by atoms with Gasteiger partial charge in [-0.3, -0.25) is 0 Å². The fraction of sp³-hybridized carbons (Fsp3) is 0.0769. The van der Waals surface area contributed by atoms with Crippen LogP contribution in [0.3, 0.4) is 0 Å². The van der Waals surface area contributed by atoms with Crippen LogP contribution >= 0.6 is 23.2 Å². The van der Waals surface area contributed by atoms with Crippen LogP contribution in [0.4, 0.5) is 0 Å². The minimum absolute atomic E-state index is 0.538. The zero-order chi connectivity index (χ0) is 12.7. The molecular weight excluding hydrogens is 269 g/mol. The highest BCUT2D eigenvalue weighted by Gasteiger charge is 2.12.